The average molecular weight is 403 g/mol. The van der Waals surface area contributed by atoms with Gasteiger partial charge in [0, 0.05) is 42.6 Å². The van der Waals surface area contributed by atoms with E-state index in [2.05, 4.69) is 9.88 Å². The Morgan fingerprint density at radius 1 is 1.21 bits per heavy atom. The van der Waals surface area contributed by atoms with Gasteiger partial charge in [0.25, 0.3) is 0 Å². The topological polar surface area (TPSA) is 57.6 Å². The molecule has 150 valence electrons. The maximum Gasteiger partial charge on any atom is 0.318 e. The van der Waals surface area contributed by atoms with Crippen molar-refractivity contribution in [3.05, 3.63) is 58.9 Å². The molecule has 0 spiro atoms. The molecule has 0 unspecified atom stereocenters. The number of benzene rings is 1. The van der Waals surface area contributed by atoms with Crippen LogP contribution >= 0.6 is 11.6 Å². The van der Waals surface area contributed by atoms with E-state index in [1.807, 2.05) is 68.3 Å². The predicted molar refractivity (Wildman–Crippen MR) is 110 cm³/mol. The van der Waals surface area contributed by atoms with E-state index in [9.17, 15) is 9.59 Å². The zero-order valence-electron chi connectivity index (χ0n) is 16.6. The number of hydrogen-bond acceptors (Lipinski definition) is 2. The number of carbonyl (C=O) groups is 2. The van der Waals surface area contributed by atoms with E-state index in [1.165, 1.54) is 0 Å². The number of nitrogens with one attached hydrogen (secondary N) is 1. The molecule has 1 N–H and O–H groups in total. The molecule has 7 heteroatoms. The van der Waals surface area contributed by atoms with Crippen LogP contribution in [0.5, 0.6) is 0 Å². The fourth-order valence-electron chi connectivity index (χ4n) is 3.63. The molecule has 0 saturated heterocycles. The monoisotopic (exact) mass is 402 g/mol. The Hall–Kier alpha value is -2.47. The first-order chi connectivity index (χ1) is 13.4. The van der Waals surface area contributed by atoms with Crippen LogP contribution in [0.2, 0.25) is 5.02 Å². The second kappa shape index (κ2) is 8.69. The molecule has 1 aromatic carbocycles. The van der Waals surface area contributed by atoms with Crippen molar-refractivity contribution in [3.63, 3.8) is 0 Å². The molecule has 3 amide bonds. The first kappa shape index (κ1) is 20.3. The van der Waals surface area contributed by atoms with Gasteiger partial charge in [-0.1, -0.05) is 23.7 Å². The van der Waals surface area contributed by atoms with E-state index < -0.39 is 0 Å². The molecule has 0 radical (unpaired) electrons. The molecule has 0 fully saturated rings. The zero-order valence-corrected chi connectivity index (χ0v) is 17.3. The van der Waals surface area contributed by atoms with Gasteiger partial charge in [-0.2, -0.15) is 0 Å². The lowest BCUT2D eigenvalue weighted by Gasteiger charge is -2.39. The normalized spacial score (nSPS) is 16.0. The van der Waals surface area contributed by atoms with Crippen LogP contribution in [0.4, 0.5) is 4.79 Å². The minimum atomic E-state index is -0.214. The third kappa shape index (κ3) is 4.17. The summed E-state index contributed by atoms with van der Waals surface area (Å²) in [5.41, 5.74) is 2.07. The molecule has 0 saturated carbocycles. The van der Waals surface area contributed by atoms with Gasteiger partial charge in [0.1, 0.15) is 6.54 Å². The third-order valence-corrected chi connectivity index (χ3v) is 5.31. The Morgan fingerprint density at radius 2 is 1.93 bits per heavy atom. The summed E-state index contributed by atoms with van der Waals surface area (Å²) in [6, 6.07) is 11.2. The van der Waals surface area contributed by atoms with Crippen LogP contribution in [0, 0.1) is 0 Å². The van der Waals surface area contributed by atoms with Gasteiger partial charge in [-0.05, 0) is 50.6 Å². The number of fused-ring (bicyclic) bond motifs is 1. The molecule has 6 nitrogen and oxygen atoms in total. The highest BCUT2D eigenvalue weighted by molar-refractivity contribution is 6.30. The molecule has 1 aliphatic heterocycles. The van der Waals surface area contributed by atoms with Gasteiger partial charge in [0.15, 0.2) is 0 Å². The molecular formula is C21H27ClN4O2. The van der Waals surface area contributed by atoms with Crippen LogP contribution in [-0.2, 0) is 11.3 Å². The number of amides is 3. The van der Waals surface area contributed by atoms with E-state index in [0.717, 1.165) is 17.8 Å². The van der Waals surface area contributed by atoms with Crippen molar-refractivity contribution < 1.29 is 9.59 Å². The number of rotatable bonds is 5. The van der Waals surface area contributed by atoms with Crippen LogP contribution in [0.1, 0.15) is 38.1 Å². The van der Waals surface area contributed by atoms with Crippen LogP contribution in [0.25, 0.3) is 0 Å². The van der Waals surface area contributed by atoms with Crippen molar-refractivity contribution in [1.82, 2.24) is 19.7 Å². The third-order valence-electron chi connectivity index (χ3n) is 5.06. The highest BCUT2D eigenvalue weighted by atomic mass is 35.5. The highest BCUT2D eigenvalue weighted by Gasteiger charge is 2.33. The first-order valence-electron chi connectivity index (χ1n) is 9.66. The quantitative estimate of drug-likeness (QED) is 0.831. The number of nitrogens with zero attached hydrogens (tertiary/aromatic N) is 3. The number of halogens is 1. The van der Waals surface area contributed by atoms with Crippen molar-refractivity contribution >= 4 is 23.5 Å². The summed E-state index contributed by atoms with van der Waals surface area (Å²) in [5, 5.41) is 3.46. The smallest absolute Gasteiger partial charge is 0.318 e. The standard InChI is InChI=1S/C21H27ClN4O2/c1-4-23-21(28)26(15(2)3)14-19(27)25-13-12-24-11-5-6-18(24)20(25)16-7-9-17(22)10-8-16/h5-11,15,20H,4,12-14H2,1-3H3,(H,23,28)/t20-/m0/s1. The minimum Gasteiger partial charge on any atom is -0.348 e. The predicted octanol–water partition coefficient (Wildman–Crippen LogP) is 3.51. The number of carbonyl (C=O) groups excluding carboxylic acids is 2. The lowest BCUT2D eigenvalue weighted by Crippen LogP contribution is -2.51. The Bertz CT molecular complexity index is 831. The molecule has 2 heterocycles. The Morgan fingerprint density at radius 3 is 2.57 bits per heavy atom. The van der Waals surface area contributed by atoms with Crippen molar-refractivity contribution in [2.45, 2.75) is 39.4 Å². The highest BCUT2D eigenvalue weighted by Crippen LogP contribution is 2.33. The molecular weight excluding hydrogens is 376 g/mol. The molecule has 28 heavy (non-hydrogen) atoms. The summed E-state index contributed by atoms with van der Waals surface area (Å²) in [4.78, 5) is 29.1. The molecule has 0 bridgehead atoms. The van der Waals surface area contributed by atoms with Crippen molar-refractivity contribution in [2.75, 3.05) is 19.6 Å². The second-order valence-electron chi connectivity index (χ2n) is 7.22. The molecule has 1 aliphatic rings. The molecule has 2 aromatic rings. The van der Waals surface area contributed by atoms with Gasteiger partial charge >= 0.3 is 6.03 Å². The maximum atomic E-state index is 13.3. The van der Waals surface area contributed by atoms with E-state index in [1.54, 1.807) is 4.90 Å². The lowest BCUT2D eigenvalue weighted by molar-refractivity contribution is -0.134. The van der Waals surface area contributed by atoms with Gasteiger partial charge in [0.05, 0.1) is 6.04 Å². The Balaban J connectivity index is 1.89. The van der Waals surface area contributed by atoms with Gasteiger partial charge in [-0.25, -0.2) is 4.79 Å². The summed E-state index contributed by atoms with van der Waals surface area (Å²) in [6.45, 7) is 7.61. The molecule has 1 atom stereocenters. The van der Waals surface area contributed by atoms with E-state index in [4.69, 9.17) is 11.6 Å². The van der Waals surface area contributed by atoms with Crippen LogP contribution in [0.3, 0.4) is 0 Å². The zero-order chi connectivity index (χ0) is 20.3. The fraction of sp³-hybridized carbons (Fsp3) is 0.429. The summed E-state index contributed by atoms with van der Waals surface area (Å²) < 4.78 is 2.17. The minimum absolute atomic E-state index is 0.0499. The maximum absolute atomic E-state index is 13.3. The van der Waals surface area contributed by atoms with E-state index in [-0.39, 0.29) is 30.6 Å². The molecule has 1 aromatic heterocycles. The number of aromatic nitrogens is 1. The average Bonchev–Trinajstić information content (AvgIpc) is 3.14. The van der Waals surface area contributed by atoms with Crippen molar-refractivity contribution in [1.29, 1.82) is 0 Å². The lowest BCUT2D eigenvalue weighted by atomic mass is 9.99. The number of urea groups is 1. The van der Waals surface area contributed by atoms with Crippen molar-refractivity contribution in [3.8, 4) is 0 Å². The van der Waals surface area contributed by atoms with Gasteiger partial charge in [0.2, 0.25) is 5.91 Å². The van der Waals surface area contributed by atoms with Gasteiger partial charge in [-0.15, -0.1) is 0 Å². The van der Waals surface area contributed by atoms with Crippen molar-refractivity contribution in [2.24, 2.45) is 0 Å². The first-order valence-corrected chi connectivity index (χ1v) is 10.0. The number of hydrogen-bond donors (Lipinski definition) is 1. The van der Waals surface area contributed by atoms with Crippen LogP contribution in [0.15, 0.2) is 42.6 Å². The largest absolute Gasteiger partial charge is 0.348 e. The Kier molecular flexibility index (Phi) is 6.29. The summed E-state index contributed by atoms with van der Waals surface area (Å²) in [7, 11) is 0. The second-order valence-corrected chi connectivity index (χ2v) is 7.66. The van der Waals surface area contributed by atoms with Crippen LogP contribution < -0.4 is 5.32 Å². The summed E-state index contributed by atoms with van der Waals surface area (Å²) in [5.74, 6) is -0.0626. The van der Waals surface area contributed by atoms with Crippen LogP contribution in [-0.4, -0.2) is 52.0 Å². The fourth-order valence-corrected chi connectivity index (χ4v) is 3.75. The SMILES string of the molecule is CCNC(=O)N(CC(=O)N1CCn2cccc2[C@@H]1c1ccc(Cl)cc1)C(C)C. The molecule has 0 aliphatic carbocycles. The van der Waals surface area contributed by atoms with E-state index >= 15 is 0 Å². The molecule has 3 rings (SSSR count). The summed E-state index contributed by atoms with van der Waals surface area (Å²) >= 11 is 6.06. The van der Waals surface area contributed by atoms with Gasteiger partial charge in [-0.3, -0.25) is 4.79 Å². The van der Waals surface area contributed by atoms with E-state index in [0.29, 0.717) is 18.1 Å². The van der Waals surface area contributed by atoms with Gasteiger partial charge < -0.3 is 19.7 Å². The summed E-state index contributed by atoms with van der Waals surface area (Å²) in [6.07, 6.45) is 2.04. The Labute approximate surface area is 171 Å².